The third kappa shape index (κ3) is 3.61. The predicted molar refractivity (Wildman–Crippen MR) is 87.6 cm³/mol. The van der Waals surface area contributed by atoms with Crippen molar-refractivity contribution < 1.29 is 4.79 Å². The molecule has 0 aromatic carbocycles. The number of carbonyl (C=O) groups is 1. The van der Waals surface area contributed by atoms with Crippen molar-refractivity contribution in [2.45, 2.75) is 33.1 Å². The maximum atomic E-state index is 12.3. The zero-order valence-corrected chi connectivity index (χ0v) is 13.4. The molecule has 3 heterocycles. The van der Waals surface area contributed by atoms with Crippen LogP contribution in [0.4, 0.5) is 11.6 Å². The number of rotatable bonds is 4. The van der Waals surface area contributed by atoms with E-state index < -0.39 is 0 Å². The quantitative estimate of drug-likeness (QED) is 0.929. The van der Waals surface area contributed by atoms with Crippen molar-refractivity contribution >= 4 is 17.5 Å². The van der Waals surface area contributed by atoms with E-state index in [4.69, 9.17) is 0 Å². The summed E-state index contributed by atoms with van der Waals surface area (Å²) in [5.74, 6) is 1.63. The third-order valence-corrected chi connectivity index (χ3v) is 3.81. The molecule has 1 fully saturated rings. The number of aromatic nitrogens is 4. The average molecular weight is 312 g/mol. The highest BCUT2D eigenvalue weighted by Crippen LogP contribution is 2.17. The van der Waals surface area contributed by atoms with Crippen molar-refractivity contribution in [3.63, 3.8) is 0 Å². The second-order valence-corrected chi connectivity index (χ2v) is 5.57. The van der Waals surface area contributed by atoms with Crippen molar-refractivity contribution in [3.05, 3.63) is 35.4 Å². The second-order valence-electron chi connectivity index (χ2n) is 5.57. The van der Waals surface area contributed by atoms with Crippen LogP contribution in [-0.2, 0) is 6.42 Å². The maximum absolute atomic E-state index is 12.3. The normalized spacial score (nSPS) is 14.1. The van der Waals surface area contributed by atoms with Crippen LogP contribution in [0.5, 0.6) is 0 Å². The standard InChI is InChI=1S/C16H20N6O/c1-3-12-10-14(18-11(2)17-12)19-16(23)13-6-7-15(21-20-13)22-8-4-5-9-22/h6-7,10H,3-5,8-9H2,1-2H3,(H,17,18,19,23). The Hall–Kier alpha value is -2.57. The van der Waals surface area contributed by atoms with Crippen molar-refractivity contribution in [1.29, 1.82) is 0 Å². The fourth-order valence-corrected chi connectivity index (χ4v) is 2.62. The molecule has 1 aliphatic rings. The van der Waals surface area contributed by atoms with E-state index in [-0.39, 0.29) is 11.6 Å². The number of hydrogen-bond acceptors (Lipinski definition) is 6. The Bertz CT molecular complexity index is 694. The summed E-state index contributed by atoms with van der Waals surface area (Å²) in [6, 6.07) is 5.32. The summed E-state index contributed by atoms with van der Waals surface area (Å²) in [5.41, 5.74) is 1.17. The zero-order chi connectivity index (χ0) is 16.2. The molecule has 7 heteroatoms. The third-order valence-electron chi connectivity index (χ3n) is 3.81. The first-order valence-corrected chi connectivity index (χ1v) is 7.90. The molecule has 1 N–H and O–H groups in total. The maximum Gasteiger partial charge on any atom is 0.277 e. The number of hydrogen-bond donors (Lipinski definition) is 1. The molecule has 0 unspecified atom stereocenters. The van der Waals surface area contributed by atoms with Gasteiger partial charge in [0.1, 0.15) is 11.6 Å². The van der Waals surface area contributed by atoms with Gasteiger partial charge in [0.05, 0.1) is 0 Å². The van der Waals surface area contributed by atoms with Gasteiger partial charge in [-0.05, 0) is 38.3 Å². The van der Waals surface area contributed by atoms with E-state index in [0.29, 0.717) is 11.6 Å². The van der Waals surface area contributed by atoms with Crippen LogP contribution in [0.2, 0.25) is 0 Å². The zero-order valence-electron chi connectivity index (χ0n) is 13.4. The van der Waals surface area contributed by atoms with Gasteiger partial charge in [0.15, 0.2) is 11.5 Å². The number of nitrogens with one attached hydrogen (secondary N) is 1. The molecule has 0 bridgehead atoms. The van der Waals surface area contributed by atoms with Gasteiger partial charge in [0, 0.05) is 24.8 Å². The molecular weight excluding hydrogens is 292 g/mol. The van der Waals surface area contributed by atoms with Crippen LogP contribution in [0.25, 0.3) is 0 Å². The number of carbonyl (C=O) groups excluding carboxylic acids is 1. The summed E-state index contributed by atoms with van der Waals surface area (Å²) >= 11 is 0. The van der Waals surface area contributed by atoms with Gasteiger partial charge in [-0.2, -0.15) is 0 Å². The molecule has 0 atom stereocenters. The van der Waals surface area contributed by atoms with Gasteiger partial charge in [0.25, 0.3) is 5.91 Å². The lowest BCUT2D eigenvalue weighted by Gasteiger charge is -2.15. The van der Waals surface area contributed by atoms with Crippen LogP contribution in [0.1, 0.15) is 41.8 Å². The van der Waals surface area contributed by atoms with Gasteiger partial charge >= 0.3 is 0 Å². The second kappa shape index (κ2) is 6.68. The molecular formula is C16H20N6O. The first-order valence-electron chi connectivity index (χ1n) is 7.90. The van der Waals surface area contributed by atoms with E-state index in [9.17, 15) is 4.79 Å². The number of nitrogens with zero attached hydrogens (tertiary/aromatic N) is 5. The highest BCUT2D eigenvalue weighted by molar-refractivity contribution is 6.02. The van der Waals surface area contributed by atoms with Gasteiger partial charge in [-0.15, -0.1) is 10.2 Å². The molecule has 0 aliphatic carbocycles. The molecule has 7 nitrogen and oxygen atoms in total. The Labute approximate surface area is 135 Å². The fourth-order valence-electron chi connectivity index (χ4n) is 2.62. The molecule has 2 aromatic rings. The minimum Gasteiger partial charge on any atom is -0.355 e. The Balaban J connectivity index is 1.71. The summed E-state index contributed by atoms with van der Waals surface area (Å²) in [7, 11) is 0. The van der Waals surface area contributed by atoms with Crippen LogP contribution in [-0.4, -0.2) is 39.2 Å². The van der Waals surface area contributed by atoms with Crippen molar-refractivity contribution in [2.24, 2.45) is 0 Å². The number of amides is 1. The molecule has 23 heavy (non-hydrogen) atoms. The molecule has 120 valence electrons. The highest BCUT2D eigenvalue weighted by Gasteiger charge is 2.15. The summed E-state index contributed by atoms with van der Waals surface area (Å²) in [6.45, 7) is 5.82. The Kier molecular flexibility index (Phi) is 4.45. The van der Waals surface area contributed by atoms with Gasteiger partial charge in [-0.1, -0.05) is 6.92 Å². The van der Waals surface area contributed by atoms with Gasteiger partial charge in [0.2, 0.25) is 0 Å². The van der Waals surface area contributed by atoms with Crippen molar-refractivity contribution in [1.82, 2.24) is 20.2 Å². The topological polar surface area (TPSA) is 83.9 Å². The van der Waals surface area contributed by atoms with Gasteiger partial charge in [-0.25, -0.2) is 9.97 Å². The van der Waals surface area contributed by atoms with Crippen molar-refractivity contribution in [2.75, 3.05) is 23.3 Å². The Morgan fingerprint density at radius 3 is 2.65 bits per heavy atom. The summed E-state index contributed by atoms with van der Waals surface area (Å²) in [6.07, 6.45) is 3.14. The average Bonchev–Trinajstić information content (AvgIpc) is 3.09. The SMILES string of the molecule is CCc1cc(NC(=O)c2ccc(N3CCCC3)nn2)nc(C)n1. The molecule has 0 radical (unpaired) electrons. The van der Waals surface area contributed by atoms with Crippen LogP contribution in [0.3, 0.4) is 0 Å². The van der Waals surface area contributed by atoms with Crippen LogP contribution in [0, 0.1) is 6.92 Å². The van der Waals surface area contributed by atoms with E-state index in [2.05, 4.69) is 30.4 Å². The van der Waals surface area contributed by atoms with Crippen LogP contribution >= 0.6 is 0 Å². The first kappa shape index (κ1) is 15.3. The lowest BCUT2D eigenvalue weighted by atomic mass is 10.3. The van der Waals surface area contributed by atoms with Gasteiger partial charge in [-0.3, -0.25) is 4.79 Å². The molecule has 1 saturated heterocycles. The smallest absolute Gasteiger partial charge is 0.277 e. The summed E-state index contributed by atoms with van der Waals surface area (Å²) in [4.78, 5) is 23.0. The van der Waals surface area contributed by atoms with E-state index in [0.717, 1.165) is 31.0 Å². The van der Waals surface area contributed by atoms with Gasteiger partial charge < -0.3 is 10.2 Å². The Morgan fingerprint density at radius 2 is 2.00 bits per heavy atom. The fraction of sp³-hybridized carbons (Fsp3) is 0.438. The number of anilines is 2. The van der Waals surface area contributed by atoms with Crippen LogP contribution in [0.15, 0.2) is 18.2 Å². The molecule has 1 aliphatic heterocycles. The van der Waals surface area contributed by atoms with E-state index in [1.165, 1.54) is 12.8 Å². The largest absolute Gasteiger partial charge is 0.355 e. The number of aryl methyl sites for hydroxylation is 2. The lowest BCUT2D eigenvalue weighted by molar-refractivity contribution is 0.102. The summed E-state index contributed by atoms with van der Waals surface area (Å²) in [5, 5.41) is 11.0. The molecule has 3 rings (SSSR count). The van der Waals surface area contributed by atoms with Crippen molar-refractivity contribution in [3.8, 4) is 0 Å². The molecule has 1 amide bonds. The molecule has 0 spiro atoms. The monoisotopic (exact) mass is 312 g/mol. The lowest BCUT2D eigenvalue weighted by Crippen LogP contribution is -2.21. The highest BCUT2D eigenvalue weighted by atomic mass is 16.2. The predicted octanol–water partition coefficient (Wildman–Crippen LogP) is 1.99. The van der Waals surface area contributed by atoms with E-state index >= 15 is 0 Å². The molecule has 2 aromatic heterocycles. The van der Waals surface area contributed by atoms with Crippen LogP contribution < -0.4 is 10.2 Å². The summed E-state index contributed by atoms with van der Waals surface area (Å²) < 4.78 is 0. The Morgan fingerprint density at radius 1 is 1.22 bits per heavy atom. The molecule has 0 saturated carbocycles. The minimum atomic E-state index is -0.314. The minimum absolute atomic E-state index is 0.280. The first-order chi connectivity index (χ1) is 11.2. The van der Waals surface area contributed by atoms with E-state index in [1.54, 1.807) is 19.1 Å². The van der Waals surface area contributed by atoms with E-state index in [1.807, 2.05) is 13.0 Å².